The van der Waals surface area contributed by atoms with Crippen LogP contribution < -0.4 is 11.1 Å². The zero-order valence-electron chi connectivity index (χ0n) is 9.73. The van der Waals surface area contributed by atoms with Gasteiger partial charge in [-0.15, -0.1) is 0 Å². The number of piperidine rings is 1. The number of anilines is 1. The number of nitrogens with zero attached hydrogens (tertiary/aromatic N) is 1. The van der Waals surface area contributed by atoms with Crippen molar-refractivity contribution in [2.45, 2.75) is 24.9 Å². The molecule has 1 aromatic rings. The highest BCUT2D eigenvalue weighted by molar-refractivity contribution is 5.84. The second kappa shape index (κ2) is 4.04. The van der Waals surface area contributed by atoms with Crippen molar-refractivity contribution in [2.75, 3.05) is 18.8 Å². The van der Waals surface area contributed by atoms with E-state index in [1.807, 2.05) is 29.2 Å². The lowest BCUT2D eigenvalue weighted by atomic mass is 9.90. The van der Waals surface area contributed by atoms with Gasteiger partial charge in [0.15, 0.2) is 0 Å². The first kappa shape index (κ1) is 10.6. The van der Waals surface area contributed by atoms with Crippen molar-refractivity contribution in [2.24, 2.45) is 0 Å². The highest BCUT2D eigenvalue weighted by Gasteiger charge is 2.42. The SMILES string of the molecule is Nc1ccc(CCN2CC3CC(N3)C2=O)cc1. The Balaban J connectivity index is 1.57. The molecular formula is C13H17N3O. The van der Waals surface area contributed by atoms with E-state index in [1.165, 1.54) is 5.56 Å². The zero-order valence-corrected chi connectivity index (χ0v) is 9.73. The van der Waals surface area contributed by atoms with Crippen LogP contribution in [-0.4, -0.2) is 36.0 Å². The number of hydrogen-bond donors (Lipinski definition) is 2. The molecule has 3 N–H and O–H groups in total. The van der Waals surface area contributed by atoms with Gasteiger partial charge in [0.1, 0.15) is 0 Å². The molecule has 4 heteroatoms. The highest BCUT2D eigenvalue weighted by atomic mass is 16.2. The van der Waals surface area contributed by atoms with Gasteiger partial charge >= 0.3 is 0 Å². The molecule has 2 unspecified atom stereocenters. The molecule has 0 aliphatic carbocycles. The van der Waals surface area contributed by atoms with Gasteiger partial charge in [-0.05, 0) is 30.5 Å². The van der Waals surface area contributed by atoms with Crippen LogP contribution in [0.2, 0.25) is 0 Å². The standard InChI is InChI=1S/C13H17N3O/c14-10-3-1-9(2-4-10)5-6-16-8-11-7-12(15-11)13(16)17/h1-4,11-12,15H,5-8,14H2. The molecule has 0 saturated carbocycles. The minimum absolute atomic E-state index is 0.0974. The molecular weight excluding hydrogens is 214 g/mol. The quantitative estimate of drug-likeness (QED) is 0.740. The van der Waals surface area contributed by atoms with Crippen LogP contribution in [-0.2, 0) is 11.2 Å². The van der Waals surface area contributed by atoms with Gasteiger partial charge < -0.3 is 16.0 Å². The molecule has 3 fully saturated rings. The molecule has 2 atom stereocenters. The second-order valence-corrected chi connectivity index (χ2v) is 4.93. The van der Waals surface area contributed by atoms with E-state index in [-0.39, 0.29) is 11.9 Å². The van der Waals surface area contributed by atoms with Crippen molar-refractivity contribution in [1.82, 2.24) is 10.2 Å². The minimum atomic E-state index is 0.0974. The Morgan fingerprint density at radius 2 is 2.06 bits per heavy atom. The van der Waals surface area contributed by atoms with Crippen molar-refractivity contribution in [3.8, 4) is 0 Å². The van der Waals surface area contributed by atoms with Gasteiger partial charge in [0, 0.05) is 24.8 Å². The number of carbonyl (C=O) groups excluding carboxylic acids is 1. The van der Waals surface area contributed by atoms with E-state index in [1.54, 1.807) is 0 Å². The predicted octanol–water partition coefficient (Wildman–Crippen LogP) is 0.384. The molecule has 4 rings (SSSR count). The van der Waals surface area contributed by atoms with Crippen LogP contribution in [0.4, 0.5) is 5.69 Å². The molecule has 1 aromatic carbocycles. The van der Waals surface area contributed by atoms with Crippen LogP contribution in [0.1, 0.15) is 12.0 Å². The van der Waals surface area contributed by atoms with Crippen molar-refractivity contribution in [1.29, 1.82) is 0 Å². The summed E-state index contributed by atoms with van der Waals surface area (Å²) in [6, 6.07) is 8.51. The van der Waals surface area contributed by atoms with Crippen molar-refractivity contribution >= 4 is 11.6 Å². The molecule has 0 aromatic heterocycles. The Morgan fingerprint density at radius 3 is 2.71 bits per heavy atom. The topological polar surface area (TPSA) is 58.4 Å². The summed E-state index contributed by atoms with van der Waals surface area (Å²) in [4.78, 5) is 13.9. The average Bonchev–Trinajstić information content (AvgIpc) is 2.28. The number of nitrogen functional groups attached to an aromatic ring is 1. The molecule has 0 spiro atoms. The Morgan fingerprint density at radius 1 is 1.35 bits per heavy atom. The lowest BCUT2D eigenvalue weighted by Gasteiger charge is -2.47. The number of nitrogens with two attached hydrogens (primary N) is 1. The number of benzene rings is 1. The number of nitrogens with one attached hydrogen (secondary N) is 1. The van der Waals surface area contributed by atoms with E-state index in [0.29, 0.717) is 6.04 Å². The molecule has 17 heavy (non-hydrogen) atoms. The van der Waals surface area contributed by atoms with Gasteiger partial charge in [-0.2, -0.15) is 0 Å². The highest BCUT2D eigenvalue weighted by Crippen LogP contribution is 2.22. The zero-order chi connectivity index (χ0) is 11.8. The lowest BCUT2D eigenvalue weighted by Crippen LogP contribution is -2.69. The average molecular weight is 231 g/mol. The van der Waals surface area contributed by atoms with Crippen LogP contribution in [0.25, 0.3) is 0 Å². The van der Waals surface area contributed by atoms with Crippen molar-refractivity contribution in [3.05, 3.63) is 29.8 Å². The summed E-state index contributed by atoms with van der Waals surface area (Å²) in [6.45, 7) is 1.68. The number of amides is 1. The number of fused-ring (bicyclic) bond motifs is 2. The third-order valence-electron chi connectivity index (χ3n) is 3.66. The monoisotopic (exact) mass is 231 g/mol. The summed E-state index contributed by atoms with van der Waals surface area (Å²) in [6.07, 6.45) is 1.93. The molecule has 3 aliphatic heterocycles. The molecule has 0 radical (unpaired) electrons. The van der Waals surface area contributed by atoms with E-state index in [9.17, 15) is 4.79 Å². The Kier molecular flexibility index (Phi) is 2.52. The fourth-order valence-corrected chi connectivity index (χ4v) is 2.57. The summed E-state index contributed by atoms with van der Waals surface area (Å²) in [7, 11) is 0. The number of carbonyl (C=O) groups is 1. The van der Waals surface area contributed by atoms with Crippen molar-refractivity contribution in [3.63, 3.8) is 0 Å². The first-order chi connectivity index (χ1) is 8.22. The predicted molar refractivity (Wildman–Crippen MR) is 66.5 cm³/mol. The molecule has 4 nitrogen and oxygen atoms in total. The molecule has 1 amide bonds. The molecule has 3 aliphatic rings. The van der Waals surface area contributed by atoms with Gasteiger partial charge in [0.25, 0.3) is 0 Å². The summed E-state index contributed by atoms with van der Waals surface area (Å²) in [5.41, 5.74) is 7.66. The van der Waals surface area contributed by atoms with E-state index in [0.717, 1.165) is 31.6 Å². The fourth-order valence-electron chi connectivity index (χ4n) is 2.57. The minimum Gasteiger partial charge on any atom is -0.399 e. The second-order valence-electron chi connectivity index (χ2n) is 4.93. The number of hydrogen-bond acceptors (Lipinski definition) is 3. The van der Waals surface area contributed by atoms with E-state index >= 15 is 0 Å². The fraction of sp³-hybridized carbons (Fsp3) is 0.462. The Bertz CT molecular complexity index is 423. The van der Waals surface area contributed by atoms with Gasteiger partial charge in [0.2, 0.25) is 5.91 Å². The van der Waals surface area contributed by atoms with Crippen LogP contribution in [0.3, 0.4) is 0 Å². The maximum absolute atomic E-state index is 11.9. The third-order valence-corrected chi connectivity index (χ3v) is 3.66. The van der Waals surface area contributed by atoms with Gasteiger partial charge in [-0.1, -0.05) is 12.1 Å². The molecule has 90 valence electrons. The summed E-state index contributed by atoms with van der Waals surface area (Å²) < 4.78 is 0. The lowest BCUT2D eigenvalue weighted by molar-refractivity contribution is -0.142. The van der Waals surface area contributed by atoms with E-state index in [4.69, 9.17) is 5.73 Å². The molecule has 3 heterocycles. The number of rotatable bonds is 3. The first-order valence-electron chi connectivity index (χ1n) is 6.11. The van der Waals surface area contributed by atoms with Crippen LogP contribution in [0.5, 0.6) is 0 Å². The van der Waals surface area contributed by atoms with Crippen molar-refractivity contribution < 1.29 is 4.79 Å². The Hall–Kier alpha value is -1.55. The van der Waals surface area contributed by atoms with Gasteiger partial charge in [-0.25, -0.2) is 0 Å². The maximum atomic E-state index is 11.9. The summed E-state index contributed by atoms with van der Waals surface area (Å²) in [5.74, 6) is 0.267. The van der Waals surface area contributed by atoms with Gasteiger partial charge in [0.05, 0.1) is 6.04 Å². The normalized spacial score (nSPS) is 26.8. The summed E-state index contributed by atoms with van der Waals surface area (Å²) >= 11 is 0. The third kappa shape index (κ3) is 2.00. The van der Waals surface area contributed by atoms with E-state index in [2.05, 4.69) is 5.32 Å². The van der Waals surface area contributed by atoms with Crippen LogP contribution >= 0.6 is 0 Å². The smallest absolute Gasteiger partial charge is 0.239 e. The Labute approximate surface area is 101 Å². The first-order valence-corrected chi connectivity index (χ1v) is 6.11. The largest absolute Gasteiger partial charge is 0.399 e. The van der Waals surface area contributed by atoms with Crippen LogP contribution in [0, 0.1) is 0 Å². The summed E-state index contributed by atoms with van der Waals surface area (Å²) in [5, 5.41) is 3.26. The maximum Gasteiger partial charge on any atom is 0.239 e. The molecule has 3 saturated heterocycles. The molecule has 2 bridgehead atoms. The van der Waals surface area contributed by atoms with Gasteiger partial charge in [-0.3, -0.25) is 4.79 Å². The van der Waals surface area contributed by atoms with Crippen LogP contribution in [0.15, 0.2) is 24.3 Å². The van der Waals surface area contributed by atoms with E-state index < -0.39 is 0 Å². The number of piperazine rings is 1.